The Morgan fingerprint density at radius 1 is 0.974 bits per heavy atom. The van der Waals surface area contributed by atoms with Crippen molar-refractivity contribution in [3.63, 3.8) is 0 Å². The van der Waals surface area contributed by atoms with Crippen LogP contribution in [0.2, 0.25) is 0 Å². The van der Waals surface area contributed by atoms with Crippen molar-refractivity contribution in [2.45, 2.75) is 18.9 Å². The Hall–Kier alpha value is -4.30. The lowest BCUT2D eigenvalue weighted by atomic mass is 9.83. The van der Waals surface area contributed by atoms with E-state index in [-0.39, 0.29) is 18.4 Å². The summed E-state index contributed by atoms with van der Waals surface area (Å²) in [6.45, 7) is 0.208. The van der Waals surface area contributed by atoms with Crippen LogP contribution in [-0.2, 0) is 6.42 Å². The maximum Gasteiger partial charge on any atom is 0.271 e. The Labute approximate surface area is 222 Å². The molecule has 0 spiro atoms. The van der Waals surface area contributed by atoms with Gasteiger partial charge in [0.2, 0.25) is 6.79 Å². The molecule has 1 aliphatic carbocycles. The molecule has 2 aliphatic heterocycles. The molecule has 0 saturated carbocycles. The molecule has 0 bridgehead atoms. The predicted molar refractivity (Wildman–Crippen MR) is 145 cm³/mol. The minimum absolute atomic E-state index is 0.0726. The van der Waals surface area contributed by atoms with E-state index in [2.05, 4.69) is 18.2 Å². The van der Waals surface area contributed by atoms with Gasteiger partial charge >= 0.3 is 0 Å². The first-order valence-corrected chi connectivity index (χ1v) is 13.2. The molecule has 3 aromatic carbocycles. The zero-order valence-electron chi connectivity index (χ0n) is 20.9. The predicted octanol–water partition coefficient (Wildman–Crippen LogP) is 4.06. The highest BCUT2D eigenvalue weighted by atomic mass is 32.1. The molecule has 190 valence electrons. The number of nitrogens with zero attached hydrogens (tertiary/aromatic N) is 2. The van der Waals surface area contributed by atoms with Crippen LogP contribution < -0.4 is 33.8 Å². The molecular weight excluding hydrogens is 500 g/mol. The molecule has 0 N–H and O–H groups in total. The summed E-state index contributed by atoms with van der Waals surface area (Å²) in [6, 6.07) is 19.7. The normalized spacial score (nSPS) is 17.4. The zero-order valence-corrected chi connectivity index (χ0v) is 21.7. The number of fused-ring (bicyclic) bond motifs is 4. The van der Waals surface area contributed by atoms with Gasteiger partial charge in [-0.2, -0.15) is 0 Å². The summed E-state index contributed by atoms with van der Waals surface area (Å²) in [5.74, 6) is 2.67. The number of thiazole rings is 1. The van der Waals surface area contributed by atoms with E-state index in [0.717, 1.165) is 40.8 Å². The third kappa shape index (κ3) is 3.55. The Bertz CT molecular complexity index is 1820. The fraction of sp³-hybridized carbons (Fsp3) is 0.200. The van der Waals surface area contributed by atoms with Crippen molar-refractivity contribution in [1.82, 2.24) is 4.57 Å². The second-order valence-electron chi connectivity index (χ2n) is 9.34. The van der Waals surface area contributed by atoms with Gasteiger partial charge < -0.3 is 18.9 Å². The molecule has 0 unspecified atom stereocenters. The summed E-state index contributed by atoms with van der Waals surface area (Å²) in [5.41, 5.74) is 6.27. The van der Waals surface area contributed by atoms with E-state index >= 15 is 0 Å². The number of ether oxygens (including phenoxy) is 4. The van der Waals surface area contributed by atoms with Gasteiger partial charge in [0.1, 0.15) is 0 Å². The molecule has 0 fully saturated rings. The Kier molecular flexibility index (Phi) is 5.37. The first-order valence-electron chi connectivity index (χ1n) is 12.4. The highest BCUT2D eigenvalue weighted by Crippen LogP contribution is 2.42. The maximum absolute atomic E-state index is 14.0. The molecule has 3 aliphatic rings. The number of benzene rings is 3. The lowest BCUT2D eigenvalue weighted by Gasteiger charge is -2.31. The van der Waals surface area contributed by atoms with E-state index in [4.69, 9.17) is 23.9 Å². The summed E-state index contributed by atoms with van der Waals surface area (Å²) >= 11 is 1.40. The van der Waals surface area contributed by atoms with Crippen molar-refractivity contribution in [3.05, 3.63) is 108 Å². The minimum Gasteiger partial charge on any atom is -0.493 e. The van der Waals surface area contributed by atoms with Crippen LogP contribution in [0.3, 0.4) is 0 Å². The average Bonchev–Trinajstić information content (AvgIpc) is 3.55. The van der Waals surface area contributed by atoms with Crippen molar-refractivity contribution < 1.29 is 18.9 Å². The molecule has 7 nitrogen and oxygen atoms in total. The van der Waals surface area contributed by atoms with Gasteiger partial charge in [0, 0.05) is 5.56 Å². The summed E-state index contributed by atoms with van der Waals surface area (Å²) in [7, 11) is 3.25. The van der Waals surface area contributed by atoms with Crippen LogP contribution in [0, 0.1) is 0 Å². The largest absolute Gasteiger partial charge is 0.493 e. The molecule has 1 aromatic heterocycles. The number of aromatic nitrogens is 1. The molecule has 8 heteroatoms. The van der Waals surface area contributed by atoms with E-state index in [1.165, 1.54) is 16.9 Å². The second kappa shape index (κ2) is 8.92. The van der Waals surface area contributed by atoms with E-state index in [1.807, 2.05) is 53.1 Å². The number of aryl methyl sites for hydroxylation is 1. The topological polar surface area (TPSA) is 71.3 Å². The van der Waals surface area contributed by atoms with Crippen LogP contribution in [0.15, 0.2) is 76.0 Å². The van der Waals surface area contributed by atoms with Crippen molar-refractivity contribution in [2.24, 2.45) is 4.99 Å². The zero-order chi connectivity index (χ0) is 25.8. The van der Waals surface area contributed by atoms with Gasteiger partial charge in [-0.3, -0.25) is 9.36 Å². The Morgan fingerprint density at radius 3 is 2.68 bits per heavy atom. The fourth-order valence-electron chi connectivity index (χ4n) is 5.50. The fourth-order valence-corrected chi connectivity index (χ4v) is 6.50. The second-order valence-corrected chi connectivity index (χ2v) is 10.3. The van der Waals surface area contributed by atoms with Gasteiger partial charge in [0.05, 0.1) is 30.5 Å². The number of rotatable bonds is 4. The van der Waals surface area contributed by atoms with Crippen LogP contribution in [0.1, 0.15) is 34.7 Å². The van der Waals surface area contributed by atoms with Gasteiger partial charge in [-0.1, -0.05) is 47.7 Å². The number of allylic oxidation sites excluding steroid dienone is 1. The first-order chi connectivity index (χ1) is 18.6. The van der Waals surface area contributed by atoms with Crippen molar-refractivity contribution >= 4 is 23.1 Å². The van der Waals surface area contributed by atoms with E-state index in [0.29, 0.717) is 32.3 Å². The summed E-state index contributed by atoms with van der Waals surface area (Å²) in [6.07, 6.45) is 3.62. The molecule has 0 radical (unpaired) electrons. The Balaban J connectivity index is 1.46. The van der Waals surface area contributed by atoms with Gasteiger partial charge in [-0.15, -0.1) is 0 Å². The molecule has 0 saturated heterocycles. The standard InChI is InChI=1S/C30H24N2O5S/c1-34-22-12-9-19(15-24(22)35-2)28-21-10-8-18-5-3-4-6-20(18)27(21)31-30-32(28)29(33)26(38-30)14-17-7-11-23-25(13-17)37-16-36-23/h3-7,9,11-15,28H,8,10,16H2,1-2H3/b26-14-/t28-/m0/s1. The van der Waals surface area contributed by atoms with Gasteiger partial charge in [0.15, 0.2) is 27.8 Å². The van der Waals surface area contributed by atoms with E-state index in [9.17, 15) is 4.79 Å². The monoisotopic (exact) mass is 524 g/mol. The maximum atomic E-state index is 14.0. The molecule has 1 atom stereocenters. The molecular formula is C30H24N2O5S. The van der Waals surface area contributed by atoms with Gasteiger partial charge in [-0.05, 0) is 65.4 Å². The Morgan fingerprint density at radius 2 is 1.82 bits per heavy atom. The molecule has 7 rings (SSSR count). The van der Waals surface area contributed by atoms with Crippen molar-refractivity contribution in [1.29, 1.82) is 0 Å². The average molecular weight is 525 g/mol. The van der Waals surface area contributed by atoms with Crippen LogP contribution in [-0.4, -0.2) is 25.6 Å². The van der Waals surface area contributed by atoms with Crippen LogP contribution in [0.4, 0.5) is 0 Å². The van der Waals surface area contributed by atoms with Crippen molar-refractivity contribution in [2.75, 3.05) is 21.0 Å². The lowest BCUT2D eigenvalue weighted by Crippen LogP contribution is -2.38. The van der Waals surface area contributed by atoms with Crippen LogP contribution in [0.5, 0.6) is 23.0 Å². The third-order valence-corrected chi connectivity index (χ3v) is 8.27. The first kappa shape index (κ1) is 22.9. The summed E-state index contributed by atoms with van der Waals surface area (Å²) < 4.78 is 24.5. The van der Waals surface area contributed by atoms with E-state index < -0.39 is 0 Å². The highest BCUT2D eigenvalue weighted by Gasteiger charge is 2.33. The molecule has 0 amide bonds. The van der Waals surface area contributed by atoms with Crippen molar-refractivity contribution in [3.8, 4) is 23.0 Å². The summed E-state index contributed by atoms with van der Waals surface area (Å²) in [4.78, 5) is 19.7. The number of methoxy groups -OCH3 is 2. The summed E-state index contributed by atoms with van der Waals surface area (Å²) in [5, 5.41) is 0. The SMILES string of the molecule is COc1ccc([C@H]2C3=C(N=c4s/c(=C\c5ccc6c(c5)OCO6)c(=O)n42)c2ccccc2CC3)cc1OC. The van der Waals surface area contributed by atoms with Gasteiger partial charge in [0.25, 0.3) is 5.56 Å². The number of hydrogen-bond acceptors (Lipinski definition) is 7. The van der Waals surface area contributed by atoms with Gasteiger partial charge in [-0.25, -0.2) is 4.99 Å². The lowest BCUT2D eigenvalue weighted by molar-refractivity contribution is 0.174. The third-order valence-electron chi connectivity index (χ3n) is 7.29. The van der Waals surface area contributed by atoms with Crippen LogP contribution in [0.25, 0.3) is 11.8 Å². The molecule has 3 heterocycles. The quantitative estimate of drug-likeness (QED) is 0.403. The smallest absolute Gasteiger partial charge is 0.271 e. The van der Waals surface area contributed by atoms with E-state index in [1.54, 1.807) is 14.2 Å². The molecule has 4 aromatic rings. The highest BCUT2D eigenvalue weighted by molar-refractivity contribution is 7.07. The number of hydrogen-bond donors (Lipinski definition) is 0. The van der Waals surface area contributed by atoms with Crippen LogP contribution >= 0.6 is 11.3 Å². The molecule has 38 heavy (non-hydrogen) atoms. The minimum atomic E-state index is -0.298.